The number of nitrogens with two attached hydrogens (primary N) is 1. The van der Waals surface area contributed by atoms with Gasteiger partial charge in [0.2, 0.25) is 0 Å². The van der Waals surface area contributed by atoms with Gasteiger partial charge in [-0.15, -0.1) is 0 Å². The SMILES string of the molecule is Cc1ccc(F)c(Nc2ncnc(Cl)c2N)c1. The fraction of sp³-hybridized carbons (Fsp3) is 0.0909. The highest BCUT2D eigenvalue weighted by Crippen LogP contribution is 2.26. The first kappa shape index (κ1) is 11.6. The molecule has 6 heteroatoms. The summed E-state index contributed by atoms with van der Waals surface area (Å²) in [5.74, 6) is -0.0979. The molecule has 1 heterocycles. The van der Waals surface area contributed by atoms with Crippen LogP contribution in [0.3, 0.4) is 0 Å². The Hall–Kier alpha value is -1.88. The van der Waals surface area contributed by atoms with E-state index in [1.165, 1.54) is 12.4 Å². The van der Waals surface area contributed by atoms with Gasteiger partial charge in [-0.2, -0.15) is 0 Å². The Labute approximate surface area is 103 Å². The Morgan fingerprint density at radius 1 is 1.35 bits per heavy atom. The molecule has 0 aliphatic carbocycles. The van der Waals surface area contributed by atoms with Crippen molar-refractivity contribution in [3.8, 4) is 0 Å². The monoisotopic (exact) mass is 252 g/mol. The normalized spacial score (nSPS) is 10.3. The third-order valence-corrected chi connectivity index (χ3v) is 2.51. The zero-order chi connectivity index (χ0) is 12.4. The molecule has 0 aliphatic heterocycles. The van der Waals surface area contributed by atoms with Gasteiger partial charge in [0.1, 0.15) is 17.8 Å². The van der Waals surface area contributed by atoms with Crippen LogP contribution in [-0.4, -0.2) is 9.97 Å². The summed E-state index contributed by atoms with van der Waals surface area (Å²) in [5, 5.41) is 2.92. The van der Waals surface area contributed by atoms with Crippen LogP contribution in [0.15, 0.2) is 24.5 Å². The topological polar surface area (TPSA) is 63.8 Å². The van der Waals surface area contributed by atoms with Crippen LogP contribution in [-0.2, 0) is 0 Å². The maximum Gasteiger partial charge on any atom is 0.158 e. The van der Waals surface area contributed by atoms with E-state index in [1.54, 1.807) is 12.1 Å². The van der Waals surface area contributed by atoms with Crippen LogP contribution in [0.25, 0.3) is 0 Å². The molecule has 3 N–H and O–H groups in total. The summed E-state index contributed by atoms with van der Waals surface area (Å²) in [6, 6.07) is 4.71. The molecule has 0 saturated heterocycles. The van der Waals surface area contributed by atoms with Gasteiger partial charge in [-0.05, 0) is 24.6 Å². The van der Waals surface area contributed by atoms with Crippen molar-refractivity contribution in [2.75, 3.05) is 11.1 Å². The molecule has 2 aromatic rings. The molecule has 0 atom stereocenters. The first-order valence-electron chi connectivity index (χ1n) is 4.87. The number of nitrogens with zero attached hydrogens (tertiary/aromatic N) is 2. The molecular weight excluding hydrogens is 243 g/mol. The lowest BCUT2D eigenvalue weighted by Gasteiger charge is -2.09. The minimum Gasteiger partial charge on any atom is -0.393 e. The number of rotatable bonds is 2. The first-order chi connectivity index (χ1) is 8.08. The van der Waals surface area contributed by atoms with Gasteiger partial charge in [-0.25, -0.2) is 14.4 Å². The molecule has 0 amide bonds. The summed E-state index contributed by atoms with van der Waals surface area (Å²) in [7, 11) is 0. The second-order valence-electron chi connectivity index (χ2n) is 3.54. The lowest BCUT2D eigenvalue weighted by atomic mass is 10.2. The van der Waals surface area contributed by atoms with Gasteiger partial charge in [0.05, 0.1) is 5.69 Å². The number of nitrogen functional groups attached to an aromatic ring is 1. The number of aromatic nitrogens is 2. The summed E-state index contributed by atoms with van der Waals surface area (Å²) >= 11 is 5.74. The molecule has 17 heavy (non-hydrogen) atoms. The van der Waals surface area contributed by atoms with Gasteiger partial charge in [0.25, 0.3) is 0 Å². The second kappa shape index (κ2) is 4.55. The van der Waals surface area contributed by atoms with Crippen molar-refractivity contribution in [2.45, 2.75) is 6.92 Å². The van der Waals surface area contributed by atoms with E-state index >= 15 is 0 Å². The fourth-order valence-corrected chi connectivity index (χ4v) is 1.47. The summed E-state index contributed by atoms with van der Waals surface area (Å²) in [6.07, 6.45) is 1.26. The van der Waals surface area contributed by atoms with E-state index in [0.29, 0.717) is 5.69 Å². The van der Waals surface area contributed by atoms with E-state index in [0.717, 1.165) is 5.56 Å². The number of benzene rings is 1. The molecule has 0 fully saturated rings. The first-order valence-corrected chi connectivity index (χ1v) is 5.25. The molecule has 0 aliphatic rings. The Bertz CT molecular complexity index is 559. The lowest BCUT2D eigenvalue weighted by molar-refractivity contribution is 0.631. The van der Waals surface area contributed by atoms with Crippen molar-refractivity contribution in [2.24, 2.45) is 0 Å². The summed E-state index contributed by atoms with van der Waals surface area (Å²) in [4.78, 5) is 7.62. The number of hydrogen-bond donors (Lipinski definition) is 2. The maximum atomic E-state index is 13.5. The summed E-state index contributed by atoms with van der Waals surface area (Å²) < 4.78 is 13.5. The largest absolute Gasteiger partial charge is 0.393 e. The lowest BCUT2D eigenvalue weighted by Crippen LogP contribution is -2.02. The third kappa shape index (κ3) is 2.45. The van der Waals surface area contributed by atoms with Crippen molar-refractivity contribution in [1.82, 2.24) is 9.97 Å². The number of nitrogens with one attached hydrogen (secondary N) is 1. The van der Waals surface area contributed by atoms with Crippen LogP contribution in [0.4, 0.5) is 21.6 Å². The number of anilines is 3. The molecule has 2 rings (SSSR count). The predicted octanol–water partition coefficient (Wildman–Crippen LogP) is 2.90. The Morgan fingerprint density at radius 3 is 2.88 bits per heavy atom. The standard InChI is InChI=1S/C11H10ClFN4/c1-6-2-3-7(13)8(4-6)17-11-9(14)10(12)15-5-16-11/h2-5H,14H2,1H3,(H,15,16,17). The van der Waals surface area contributed by atoms with Crippen LogP contribution in [0.5, 0.6) is 0 Å². The third-order valence-electron chi connectivity index (χ3n) is 2.21. The van der Waals surface area contributed by atoms with E-state index < -0.39 is 0 Å². The van der Waals surface area contributed by atoms with Gasteiger partial charge in [-0.1, -0.05) is 17.7 Å². The van der Waals surface area contributed by atoms with Gasteiger partial charge >= 0.3 is 0 Å². The van der Waals surface area contributed by atoms with Crippen molar-refractivity contribution < 1.29 is 4.39 Å². The average molecular weight is 253 g/mol. The van der Waals surface area contributed by atoms with E-state index in [1.807, 2.05) is 6.92 Å². The van der Waals surface area contributed by atoms with Crippen LogP contribution in [0, 0.1) is 12.7 Å². The second-order valence-corrected chi connectivity index (χ2v) is 3.89. The zero-order valence-electron chi connectivity index (χ0n) is 9.04. The fourth-order valence-electron chi connectivity index (χ4n) is 1.34. The molecule has 0 radical (unpaired) electrons. The van der Waals surface area contributed by atoms with Crippen molar-refractivity contribution in [3.05, 3.63) is 41.1 Å². The highest BCUT2D eigenvalue weighted by molar-refractivity contribution is 6.32. The zero-order valence-corrected chi connectivity index (χ0v) is 9.79. The van der Waals surface area contributed by atoms with Crippen molar-refractivity contribution in [3.63, 3.8) is 0 Å². The molecule has 0 saturated carbocycles. The molecule has 88 valence electrons. The molecule has 0 bridgehead atoms. The van der Waals surface area contributed by atoms with Gasteiger partial charge in [0.15, 0.2) is 11.0 Å². The minimum atomic E-state index is -0.385. The molecular formula is C11H10ClFN4. The van der Waals surface area contributed by atoms with Gasteiger partial charge in [-0.3, -0.25) is 0 Å². The quantitative estimate of drug-likeness (QED) is 0.807. The summed E-state index contributed by atoms with van der Waals surface area (Å²) in [5.41, 5.74) is 7.09. The molecule has 0 spiro atoms. The minimum absolute atomic E-state index is 0.135. The van der Waals surface area contributed by atoms with E-state index in [-0.39, 0.29) is 22.5 Å². The van der Waals surface area contributed by atoms with Crippen molar-refractivity contribution >= 4 is 28.8 Å². The van der Waals surface area contributed by atoms with Crippen LogP contribution in [0.1, 0.15) is 5.56 Å². The Morgan fingerprint density at radius 2 is 2.12 bits per heavy atom. The maximum absolute atomic E-state index is 13.5. The van der Waals surface area contributed by atoms with Crippen LogP contribution in [0.2, 0.25) is 5.15 Å². The highest BCUT2D eigenvalue weighted by atomic mass is 35.5. The predicted molar refractivity (Wildman–Crippen MR) is 65.9 cm³/mol. The average Bonchev–Trinajstić information content (AvgIpc) is 2.30. The Kier molecular flexibility index (Phi) is 3.10. The molecule has 1 aromatic carbocycles. The summed E-state index contributed by atoms with van der Waals surface area (Å²) in [6.45, 7) is 1.86. The molecule has 1 aromatic heterocycles. The van der Waals surface area contributed by atoms with E-state index in [4.69, 9.17) is 17.3 Å². The Balaban J connectivity index is 2.38. The van der Waals surface area contributed by atoms with Crippen molar-refractivity contribution in [1.29, 1.82) is 0 Å². The number of hydrogen-bond acceptors (Lipinski definition) is 4. The van der Waals surface area contributed by atoms with E-state index in [2.05, 4.69) is 15.3 Å². The van der Waals surface area contributed by atoms with Crippen LogP contribution >= 0.6 is 11.6 Å². The number of aryl methyl sites for hydroxylation is 1. The van der Waals surface area contributed by atoms with E-state index in [9.17, 15) is 4.39 Å². The number of halogens is 2. The molecule has 4 nitrogen and oxygen atoms in total. The van der Waals surface area contributed by atoms with Crippen LogP contribution < -0.4 is 11.1 Å². The molecule has 0 unspecified atom stereocenters. The van der Waals surface area contributed by atoms with Gasteiger partial charge < -0.3 is 11.1 Å². The van der Waals surface area contributed by atoms with Gasteiger partial charge in [0, 0.05) is 0 Å². The highest BCUT2D eigenvalue weighted by Gasteiger charge is 2.08. The smallest absolute Gasteiger partial charge is 0.158 e.